The number of hydrogen-bond acceptors (Lipinski definition) is 14. The highest BCUT2D eigenvalue weighted by molar-refractivity contribution is 5.84. The molecular weight excluding hydrogens is 1260 g/mol. The summed E-state index contributed by atoms with van der Waals surface area (Å²) in [5.41, 5.74) is 2.51. The minimum absolute atomic E-state index is 0.0286. The van der Waals surface area contributed by atoms with Crippen LogP contribution in [0.5, 0.6) is 17.2 Å². The van der Waals surface area contributed by atoms with Gasteiger partial charge in [0.25, 0.3) is 0 Å². The van der Waals surface area contributed by atoms with E-state index < -0.39 is 78.8 Å². The zero-order valence-corrected chi connectivity index (χ0v) is 59.8. The molecule has 0 saturated carbocycles. The van der Waals surface area contributed by atoms with Crippen molar-refractivity contribution in [3.8, 4) is 17.2 Å². The quantitative estimate of drug-likeness (QED) is 0.0192. The van der Waals surface area contributed by atoms with Gasteiger partial charge in [-0.25, -0.2) is 24.0 Å². The molecule has 98 heavy (non-hydrogen) atoms. The fourth-order valence-corrected chi connectivity index (χ4v) is 10.9. The zero-order chi connectivity index (χ0) is 72.4. The van der Waals surface area contributed by atoms with E-state index in [1.165, 1.54) is 141 Å². The lowest BCUT2D eigenvalue weighted by Crippen LogP contribution is -2.42. The van der Waals surface area contributed by atoms with Gasteiger partial charge in [0.1, 0.15) is 47.6 Å². The first-order valence-corrected chi connectivity index (χ1v) is 36.2. The van der Waals surface area contributed by atoms with E-state index in [1.54, 1.807) is 57.7 Å². The number of carbonyl (C=O) groups is 8. The van der Waals surface area contributed by atoms with Crippen molar-refractivity contribution < 1.29 is 92.3 Å². The van der Waals surface area contributed by atoms with Crippen LogP contribution in [0.25, 0.3) is 0 Å². The van der Waals surface area contributed by atoms with Crippen molar-refractivity contribution in [3.05, 3.63) is 89.5 Å². The Labute approximate surface area is 583 Å². The van der Waals surface area contributed by atoms with Crippen LogP contribution in [-0.4, -0.2) is 114 Å². The molecule has 0 radical (unpaired) electrons. The summed E-state index contributed by atoms with van der Waals surface area (Å²) in [4.78, 5) is 91.7. The van der Waals surface area contributed by atoms with Gasteiger partial charge >= 0.3 is 48.1 Å². The van der Waals surface area contributed by atoms with E-state index >= 15 is 0 Å². The molecule has 0 bridgehead atoms. The number of benzene rings is 3. The molecule has 0 heterocycles. The number of nitrogens with one attached hydrogen (secondary N) is 3. The Hall–Kier alpha value is -7.78. The Balaban J connectivity index is 0.000000736. The number of ether oxygens (including phenoxy) is 6. The molecule has 22 nitrogen and oxygen atoms in total. The molecule has 0 spiro atoms. The molecule has 3 aromatic rings. The van der Waals surface area contributed by atoms with Crippen molar-refractivity contribution >= 4 is 48.1 Å². The molecule has 8 N–H and O–H groups in total. The Kier molecular flexibility index (Phi) is 52.4. The second-order valence-electron chi connectivity index (χ2n) is 24.9. The standard InChI is InChI=1S/C26H41NO7.C25H39NO7.C25H41NO5/c1-3-4-5-6-7-8-9-10-11-12-13-23(20-14-16-21(33-2)17-15-20)34-26(32)27-22(25(30)31)18-19-24(28)29;1-3-4-5-6-7-8-9-10-11-12-13-22(19-14-16-20(32-2)17-15-19)33-25(31)26-21(24(29)30)18-23(27)28;1-3-4-5-6-7-8-9-10-11-12-14-23(21-16-18-22(30-2)19-17-21)31-25(29)26-20-13-15-24(27)28/h14-17,22-23H,3-13,18-19H2,1-2H3,(H,27,32)(H,28,29)(H,30,31);14-17,21-22H,3-13,18H2,1-2H3,(H,26,31)(H,27,28)(H,29,30);16-19,23H,3-15,20H2,1-2H3,(H,26,29)(H,27,28). The van der Waals surface area contributed by atoms with Crippen molar-refractivity contribution in [2.75, 3.05) is 27.9 Å². The minimum atomic E-state index is -1.55. The van der Waals surface area contributed by atoms with Gasteiger partial charge in [0.05, 0.1) is 27.8 Å². The summed E-state index contributed by atoms with van der Waals surface area (Å²) in [5, 5.41) is 51.8. The lowest BCUT2D eigenvalue weighted by molar-refractivity contribution is -0.145. The molecule has 3 rings (SSSR count). The van der Waals surface area contributed by atoms with Crippen molar-refractivity contribution in [1.29, 1.82) is 0 Å². The van der Waals surface area contributed by atoms with Crippen molar-refractivity contribution in [2.24, 2.45) is 0 Å². The largest absolute Gasteiger partial charge is 0.497 e. The first-order valence-electron chi connectivity index (χ1n) is 36.2. The van der Waals surface area contributed by atoms with Gasteiger partial charge < -0.3 is 69.9 Å². The molecule has 554 valence electrons. The normalized spacial score (nSPS) is 12.3. The van der Waals surface area contributed by atoms with Crippen molar-refractivity contribution in [1.82, 2.24) is 16.0 Å². The highest BCUT2D eigenvalue weighted by atomic mass is 16.6. The summed E-state index contributed by atoms with van der Waals surface area (Å²) in [6.45, 7) is 6.97. The van der Waals surface area contributed by atoms with E-state index in [-0.39, 0.29) is 25.4 Å². The monoisotopic (exact) mass is 1380 g/mol. The van der Waals surface area contributed by atoms with Gasteiger partial charge in [0.2, 0.25) is 0 Å². The molecule has 0 fully saturated rings. The van der Waals surface area contributed by atoms with Gasteiger partial charge in [-0.05, 0) is 104 Å². The van der Waals surface area contributed by atoms with E-state index in [0.717, 1.165) is 80.2 Å². The van der Waals surface area contributed by atoms with Crippen LogP contribution in [0.2, 0.25) is 0 Å². The Bertz CT molecular complexity index is 2590. The van der Waals surface area contributed by atoms with Crippen LogP contribution in [0.1, 0.15) is 300 Å². The minimum Gasteiger partial charge on any atom is -0.497 e. The first-order chi connectivity index (χ1) is 47.3. The van der Waals surface area contributed by atoms with Crippen molar-refractivity contribution in [3.63, 3.8) is 0 Å². The molecule has 5 unspecified atom stereocenters. The van der Waals surface area contributed by atoms with Gasteiger partial charge in [-0.2, -0.15) is 0 Å². The smallest absolute Gasteiger partial charge is 0.408 e. The lowest BCUT2D eigenvalue weighted by Gasteiger charge is -2.21. The average Bonchev–Trinajstić information content (AvgIpc) is 0.904. The van der Waals surface area contributed by atoms with E-state index in [1.807, 2.05) is 36.4 Å². The number of hydrogen-bond donors (Lipinski definition) is 8. The van der Waals surface area contributed by atoms with E-state index in [9.17, 15) is 43.5 Å². The molecular formula is C76H121N3O19. The number of carbonyl (C=O) groups excluding carboxylic acids is 3. The first kappa shape index (κ1) is 88.2. The van der Waals surface area contributed by atoms with Gasteiger partial charge in [-0.1, -0.05) is 231 Å². The van der Waals surface area contributed by atoms with Gasteiger partial charge in [0.15, 0.2) is 0 Å². The fraction of sp³-hybridized carbons (Fsp3) is 0.658. The predicted molar refractivity (Wildman–Crippen MR) is 379 cm³/mol. The highest BCUT2D eigenvalue weighted by Gasteiger charge is 2.27. The number of rotatable bonds is 55. The molecule has 3 aromatic carbocycles. The summed E-state index contributed by atoms with van der Waals surface area (Å²) >= 11 is 0. The van der Waals surface area contributed by atoms with Crippen molar-refractivity contribution in [2.45, 2.75) is 295 Å². The maximum Gasteiger partial charge on any atom is 0.408 e. The molecule has 3 amide bonds. The van der Waals surface area contributed by atoms with Crippen LogP contribution in [0.15, 0.2) is 72.8 Å². The van der Waals surface area contributed by atoms with E-state index in [0.29, 0.717) is 37.3 Å². The third-order valence-corrected chi connectivity index (χ3v) is 16.7. The van der Waals surface area contributed by atoms with Crippen LogP contribution in [0, 0.1) is 0 Å². The number of unbranched alkanes of at least 4 members (excludes halogenated alkanes) is 27. The third kappa shape index (κ3) is 46.4. The fourth-order valence-electron chi connectivity index (χ4n) is 10.9. The number of carboxylic acid groups (broad SMARTS) is 5. The molecule has 5 atom stereocenters. The van der Waals surface area contributed by atoms with Crippen LogP contribution in [0.3, 0.4) is 0 Å². The Morgan fingerprint density at radius 2 is 0.602 bits per heavy atom. The maximum atomic E-state index is 12.4. The molecule has 0 saturated heterocycles. The third-order valence-electron chi connectivity index (χ3n) is 16.7. The van der Waals surface area contributed by atoms with Crippen LogP contribution in [0.4, 0.5) is 14.4 Å². The molecule has 0 aromatic heterocycles. The number of carboxylic acids is 5. The Morgan fingerprint density at radius 3 is 0.867 bits per heavy atom. The van der Waals surface area contributed by atoms with E-state index in [2.05, 4.69) is 36.7 Å². The SMILES string of the molecule is CCCCCCCCCCCCC(OC(=O)NC(CC(=O)O)C(=O)O)c1ccc(OC)cc1.CCCCCCCCCCCCC(OC(=O)NC(CCC(=O)O)C(=O)O)c1ccc(OC)cc1.CCCCCCCCCCCCC(OC(=O)NCCCC(=O)O)c1ccc(OC)cc1. The maximum absolute atomic E-state index is 12.4. The van der Waals surface area contributed by atoms with Crippen LogP contribution >= 0.6 is 0 Å². The van der Waals surface area contributed by atoms with Gasteiger partial charge in [0, 0.05) is 19.4 Å². The molecule has 0 aliphatic carbocycles. The number of amides is 3. The van der Waals surface area contributed by atoms with Gasteiger partial charge in [-0.15, -0.1) is 0 Å². The zero-order valence-electron chi connectivity index (χ0n) is 59.8. The van der Waals surface area contributed by atoms with Crippen LogP contribution < -0.4 is 30.2 Å². The summed E-state index contributed by atoms with van der Waals surface area (Å²) in [6.07, 6.45) is 33.8. The topological polar surface area (TPSA) is 329 Å². The second kappa shape index (κ2) is 58.2. The summed E-state index contributed by atoms with van der Waals surface area (Å²) in [7, 11) is 4.76. The second-order valence-corrected chi connectivity index (χ2v) is 24.9. The highest BCUT2D eigenvalue weighted by Crippen LogP contribution is 2.30. The number of aliphatic carboxylic acids is 5. The predicted octanol–water partition coefficient (Wildman–Crippen LogP) is 18.4. The van der Waals surface area contributed by atoms with E-state index in [4.69, 9.17) is 48.8 Å². The summed E-state index contributed by atoms with van der Waals surface area (Å²) in [5.74, 6) is -3.91. The van der Waals surface area contributed by atoms with Crippen LogP contribution in [-0.2, 0) is 38.2 Å². The summed E-state index contributed by atoms with van der Waals surface area (Å²) < 4.78 is 32.3. The summed E-state index contributed by atoms with van der Waals surface area (Å²) in [6, 6.07) is 19.1. The lowest BCUT2D eigenvalue weighted by atomic mass is 10.0. The average molecular weight is 1380 g/mol. The molecule has 0 aliphatic rings. The van der Waals surface area contributed by atoms with Gasteiger partial charge in [-0.3, -0.25) is 14.4 Å². The number of alkyl carbamates (subject to hydrolysis) is 3. The molecule has 22 heteroatoms. The Morgan fingerprint density at radius 1 is 0.327 bits per heavy atom. The number of methoxy groups -OCH3 is 3. The molecule has 0 aliphatic heterocycles.